The Morgan fingerprint density at radius 2 is 2.06 bits per heavy atom. The van der Waals surface area contributed by atoms with Gasteiger partial charge in [0, 0.05) is 6.42 Å². The first-order valence-electron chi connectivity index (χ1n) is 4.98. The van der Waals surface area contributed by atoms with Crippen molar-refractivity contribution < 1.29 is 21.6 Å². The van der Waals surface area contributed by atoms with Gasteiger partial charge < -0.3 is 5.73 Å². The summed E-state index contributed by atoms with van der Waals surface area (Å²) in [5, 5.41) is 6.05. The van der Waals surface area contributed by atoms with E-state index in [9.17, 15) is 21.6 Å². The number of hydrogen-bond donors (Lipinski definition) is 3. The van der Waals surface area contributed by atoms with Crippen LogP contribution in [-0.4, -0.2) is 30.5 Å². The number of nitrogens with two attached hydrogens (primary N) is 1. The van der Waals surface area contributed by atoms with E-state index in [2.05, 4.69) is 10.2 Å². The summed E-state index contributed by atoms with van der Waals surface area (Å²) in [4.78, 5) is 0. The number of anilines is 2. The second kappa shape index (κ2) is 5.04. The third kappa shape index (κ3) is 4.43. The van der Waals surface area contributed by atoms with Crippen molar-refractivity contribution in [1.82, 2.24) is 10.2 Å². The van der Waals surface area contributed by atoms with Crippen LogP contribution in [0.5, 0.6) is 0 Å². The predicted octanol–water partition coefficient (Wildman–Crippen LogP) is 1.38. The lowest BCUT2D eigenvalue weighted by atomic mass is 10.3. The third-order valence-corrected chi connectivity index (χ3v) is 3.45. The molecule has 0 fully saturated rings. The third-order valence-electron chi connectivity index (χ3n) is 2.12. The minimum absolute atomic E-state index is 0.0977. The summed E-state index contributed by atoms with van der Waals surface area (Å²) in [6.45, 7) is 1.59. The van der Waals surface area contributed by atoms with E-state index in [1.54, 1.807) is 6.92 Å². The van der Waals surface area contributed by atoms with E-state index < -0.39 is 34.8 Å². The number of aromatic nitrogens is 2. The zero-order chi connectivity index (χ0) is 14.0. The zero-order valence-electron chi connectivity index (χ0n) is 9.50. The Morgan fingerprint density at radius 1 is 1.44 bits per heavy atom. The van der Waals surface area contributed by atoms with Gasteiger partial charge in [-0.25, -0.2) is 8.42 Å². The lowest BCUT2D eigenvalue weighted by Gasteiger charge is -2.08. The van der Waals surface area contributed by atoms with Crippen molar-refractivity contribution in [3.63, 3.8) is 0 Å². The second-order valence-corrected chi connectivity index (χ2v) is 5.59. The molecule has 0 atom stereocenters. The lowest BCUT2D eigenvalue weighted by Crippen LogP contribution is -2.19. The van der Waals surface area contributed by atoms with Gasteiger partial charge in [0.15, 0.2) is 5.82 Å². The van der Waals surface area contributed by atoms with Gasteiger partial charge in [-0.3, -0.25) is 9.82 Å². The van der Waals surface area contributed by atoms with Gasteiger partial charge in [0.25, 0.3) is 0 Å². The van der Waals surface area contributed by atoms with Crippen molar-refractivity contribution in [2.45, 2.75) is 25.9 Å². The van der Waals surface area contributed by atoms with Gasteiger partial charge in [-0.05, 0) is 13.3 Å². The maximum absolute atomic E-state index is 11.9. The smallest absolute Gasteiger partial charge is 0.389 e. The highest BCUT2D eigenvalue weighted by Crippen LogP contribution is 2.23. The van der Waals surface area contributed by atoms with E-state index in [4.69, 9.17) is 5.73 Å². The molecular formula is C8H13F3N4O2S. The van der Waals surface area contributed by atoms with Gasteiger partial charge in [0.2, 0.25) is 10.0 Å². The fraction of sp³-hybridized carbons (Fsp3) is 0.625. The molecule has 6 nitrogen and oxygen atoms in total. The highest BCUT2D eigenvalue weighted by molar-refractivity contribution is 7.92. The molecule has 1 rings (SSSR count). The first-order valence-corrected chi connectivity index (χ1v) is 6.63. The number of halogens is 3. The van der Waals surface area contributed by atoms with Gasteiger partial charge in [-0.15, -0.1) is 0 Å². The van der Waals surface area contributed by atoms with Crippen molar-refractivity contribution in [2.24, 2.45) is 0 Å². The van der Waals surface area contributed by atoms with Crippen molar-refractivity contribution in [3.05, 3.63) is 5.69 Å². The minimum atomic E-state index is -4.36. The lowest BCUT2D eigenvalue weighted by molar-refractivity contribution is -0.134. The Hall–Kier alpha value is -1.45. The summed E-state index contributed by atoms with van der Waals surface area (Å²) in [5.74, 6) is -0.739. The molecule has 0 aliphatic rings. The predicted molar refractivity (Wildman–Crippen MR) is 60.4 cm³/mol. The van der Waals surface area contributed by atoms with Crippen LogP contribution in [0.1, 0.15) is 18.5 Å². The fourth-order valence-electron chi connectivity index (χ4n) is 1.18. The highest BCUT2D eigenvalue weighted by atomic mass is 32.2. The molecule has 18 heavy (non-hydrogen) atoms. The quantitative estimate of drug-likeness (QED) is 0.761. The summed E-state index contributed by atoms with van der Waals surface area (Å²) in [6.07, 6.45) is -6.03. The van der Waals surface area contributed by atoms with Gasteiger partial charge in [-0.1, -0.05) is 0 Å². The molecule has 1 heterocycles. The molecule has 10 heteroatoms. The number of nitrogens with zero attached hydrogens (tertiary/aromatic N) is 1. The Bertz CT molecular complexity index is 509. The average Bonchev–Trinajstić information content (AvgIpc) is 2.46. The van der Waals surface area contributed by atoms with Crippen molar-refractivity contribution in [1.29, 1.82) is 0 Å². The Kier molecular flexibility index (Phi) is 4.09. The van der Waals surface area contributed by atoms with Crippen molar-refractivity contribution >= 4 is 21.5 Å². The molecule has 1 aromatic rings. The van der Waals surface area contributed by atoms with Gasteiger partial charge in [0.05, 0.1) is 17.1 Å². The summed E-state index contributed by atoms with van der Waals surface area (Å²) in [7, 11) is -3.88. The maximum Gasteiger partial charge on any atom is 0.389 e. The van der Waals surface area contributed by atoms with Crippen LogP contribution in [0.2, 0.25) is 0 Å². The molecule has 0 amide bonds. The van der Waals surface area contributed by atoms with E-state index in [1.165, 1.54) is 0 Å². The van der Waals surface area contributed by atoms with Crippen LogP contribution in [0.15, 0.2) is 0 Å². The monoisotopic (exact) mass is 286 g/mol. The molecule has 4 N–H and O–H groups in total. The van der Waals surface area contributed by atoms with Crippen LogP contribution in [0.4, 0.5) is 24.7 Å². The van der Waals surface area contributed by atoms with Crippen LogP contribution in [0.25, 0.3) is 0 Å². The minimum Gasteiger partial charge on any atom is -0.394 e. The number of sulfonamides is 1. The first-order chi connectivity index (χ1) is 8.11. The van der Waals surface area contributed by atoms with Crippen LogP contribution in [0.3, 0.4) is 0 Å². The van der Waals surface area contributed by atoms with E-state index in [0.717, 1.165) is 0 Å². The topological polar surface area (TPSA) is 101 Å². The molecular weight excluding hydrogens is 273 g/mol. The summed E-state index contributed by atoms with van der Waals surface area (Å²) in [5.41, 5.74) is 6.10. The van der Waals surface area contributed by atoms with E-state index in [0.29, 0.717) is 5.69 Å². The molecule has 0 unspecified atom stereocenters. The molecule has 0 aromatic carbocycles. The number of nitrogen functional groups attached to an aromatic ring is 1. The molecule has 0 aliphatic carbocycles. The number of aryl methyl sites for hydroxylation is 1. The number of rotatable bonds is 5. The number of alkyl halides is 3. The van der Waals surface area contributed by atoms with Crippen LogP contribution < -0.4 is 10.5 Å². The van der Waals surface area contributed by atoms with Crippen LogP contribution >= 0.6 is 0 Å². The molecule has 1 aromatic heterocycles. The molecule has 0 spiro atoms. The Morgan fingerprint density at radius 3 is 2.50 bits per heavy atom. The molecule has 104 valence electrons. The molecule has 0 saturated heterocycles. The van der Waals surface area contributed by atoms with Crippen molar-refractivity contribution in [3.8, 4) is 0 Å². The van der Waals surface area contributed by atoms with Gasteiger partial charge in [-0.2, -0.15) is 18.3 Å². The number of hydrogen-bond acceptors (Lipinski definition) is 4. The Balaban J connectivity index is 2.58. The first kappa shape index (κ1) is 14.6. The SMILES string of the molecule is Cc1[nH]nc(NS(=O)(=O)CCCC(F)(F)F)c1N. The number of nitrogens with one attached hydrogen (secondary N) is 2. The molecule has 0 radical (unpaired) electrons. The van der Waals surface area contributed by atoms with Gasteiger partial charge >= 0.3 is 6.18 Å². The van der Waals surface area contributed by atoms with Crippen molar-refractivity contribution in [2.75, 3.05) is 16.2 Å². The fourth-order valence-corrected chi connectivity index (χ4v) is 2.25. The summed E-state index contributed by atoms with van der Waals surface area (Å²) in [6, 6.07) is 0. The highest BCUT2D eigenvalue weighted by Gasteiger charge is 2.27. The van der Waals surface area contributed by atoms with Crippen LogP contribution in [0, 0.1) is 6.92 Å². The number of aromatic amines is 1. The summed E-state index contributed by atoms with van der Waals surface area (Å²) >= 11 is 0. The largest absolute Gasteiger partial charge is 0.394 e. The average molecular weight is 286 g/mol. The van der Waals surface area contributed by atoms with Crippen LogP contribution in [-0.2, 0) is 10.0 Å². The second-order valence-electron chi connectivity index (χ2n) is 3.75. The normalized spacial score (nSPS) is 12.7. The summed E-state index contributed by atoms with van der Waals surface area (Å²) < 4.78 is 60.6. The molecule has 0 bridgehead atoms. The van der Waals surface area contributed by atoms with E-state index in [1.807, 2.05) is 4.72 Å². The standard InChI is InChI=1S/C8H13F3N4O2S/c1-5-6(12)7(14-13-5)15-18(16,17)4-2-3-8(9,10)11/h2-4,12H2,1H3,(H2,13,14,15). The molecule has 0 aliphatic heterocycles. The Labute approximate surface area is 102 Å². The number of H-pyrrole nitrogens is 1. The van der Waals surface area contributed by atoms with Gasteiger partial charge in [0.1, 0.15) is 0 Å². The maximum atomic E-state index is 11.9. The van der Waals surface area contributed by atoms with E-state index >= 15 is 0 Å². The van der Waals surface area contributed by atoms with E-state index in [-0.39, 0.29) is 11.5 Å². The molecule has 0 saturated carbocycles. The zero-order valence-corrected chi connectivity index (χ0v) is 10.3.